The highest BCUT2D eigenvalue weighted by atomic mass is 16.5. The molecular formula is C30H23N2O3+. The number of anilines is 1. The second-order valence-electron chi connectivity index (χ2n) is 9.42. The van der Waals surface area contributed by atoms with Crippen molar-refractivity contribution in [1.29, 1.82) is 0 Å². The average molecular weight is 460 g/mol. The molecule has 35 heavy (non-hydrogen) atoms. The number of benzene rings is 3. The van der Waals surface area contributed by atoms with Crippen molar-refractivity contribution in [1.82, 2.24) is 0 Å². The van der Waals surface area contributed by atoms with Gasteiger partial charge in [0.05, 0.1) is 17.5 Å². The van der Waals surface area contributed by atoms with Gasteiger partial charge in [0.15, 0.2) is 17.9 Å². The quantitative estimate of drug-likeness (QED) is 0.336. The van der Waals surface area contributed by atoms with Gasteiger partial charge in [0.2, 0.25) is 11.8 Å². The van der Waals surface area contributed by atoms with Crippen molar-refractivity contribution in [2.75, 3.05) is 4.90 Å². The van der Waals surface area contributed by atoms with E-state index in [-0.39, 0.29) is 29.7 Å². The summed E-state index contributed by atoms with van der Waals surface area (Å²) in [5.74, 6) is -0.459. The molecule has 1 aromatic heterocycles. The number of carbonyl (C=O) groups excluding carboxylic acids is 2. The van der Waals surface area contributed by atoms with Crippen LogP contribution in [0, 0.1) is 11.8 Å². The van der Waals surface area contributed by atoms with Gasteiger partial charge in [-0.25, -0.2) is 4.90 Å². The first kappa shape index (κ1) is 20.2. The van der Waals surface area contributed by atoms with Crippen LogP contribution in [0.15, 0.2) is 103 Å². The lowest BCUT2D eigenvalue weighted by molar-refractivity contribution is -0.736. The molecule has 4 heterocycles. The molecule has 1 saturated heterocycles. The molecule has 3 aromatic carbocycles. The Labute approximate surface area is 203 Å². The zero-order valence-electron chi connectivity index (χ0n) is 19.0. The number of rotatable bonds is 4. The molecule has 0 N–H and O–H groups in total. The smallest absolute Gasteiger partial charge is 0.244 e. The van der Waals surface area contributed by atoms with Gasteiger partial charge in [0.1, 0.15) is 18.3 Å². The maximum atomic E-state index is 13.8. The molecule has 2 amide bonds. The van der Waals surface area contributed by atoms with Gasteiger partial charge in [0.25, 0.3) is 0 Å². The molecule has 0 spiro atoms. The maximum Gasteiger partial charge on any atom is 0.244 e. The Morgan fingerprint density at radius 3 is 2.20 bits per heavy atom. The van der Waals surface area contributed by atoms with Crippen LogP contribution >= 0.6 is 0 Å². The van der Waals surface area contributed by atoms with Crippen molar-refractivity contribution in [2.45, 2.75) is 18.6 Å². The molecule has 5 nitrogen and oxygen atoms in total. The van der Waals surface area contributed by atoms with Gasteiger partial charge < -0.3 is 4.74 Å². The number of pyridine rings is 1. The highest BCUT2D eigenvalue weighted by molar-refractivity contribution is 6.23. The van der Waals surface area contributed by atoms with Gasteiger partial charge in [-0.1, -0.05) is 60.7 Å². The van der Waals surface area contributed by atoms with Gasteiger partial charge in [-0.2, -0.15) is 4.57 Å². The number of amides is 2. The number of hydrogen-bond donors (Lipinski definition) is 0. The predicted molar refractivity (Wildman–Crippen MR) is 130 cm³/mol. The van der Waals surface area contributed by atoms with E-state index < -0.39 is 5.92 Å². The Bertz CT molecular complexity index is 1350. The van der Waals surface area contributed by atoms with Crippen molar-refractivity contribution >= 4 is 17.5 Å². The number of imide groups is 1. The molecule has 0 saturated carbocycles. The second kappa shape index (κ2) is 7.64. The average Bonchev–Trinajstić information content (AvgIpc) is 3.18. The summed E-state index contributed by atoms with van der Waals surface area (Å²) in [6, 6.07) is 31.4. The predicted octanol–water partition coefficient (Wildman–Crippen LogP) is 4.41. The van der Waals surface area contributed by atoms with Gasteiger partial charge in [-0.3, -0.25) is 9.59 Å². The Hall–Kier alpha value is -4.25. The number of hydrogen-bond acceptors (Lipinski definition) is 3. The summed E-state index contributed by atoms with van der Waals surface area (Å²) in [5, 5.41) is 0. The Morgan fingerprint density at radius 1 is 0.714 bits per heavy atom. The van der Waals surface area contributed by atoms with Crippen molar-refractivity contribution < 1.29 is 18.9 Å². The Morgan fingerprint density at radius 2 is 1.40 bits per heavy atom. The van der Waals surface area contributed by atoms with Crippen LogP contribution < -0.4 is 14.2 Å². The third-order valence-electron chi connectivity index (χ3n) is 7.63. The van der Waals surface area contributed by atoms with E-state index >= 15 is 0 Å². The van der Waals surface area contributed by atoms with Crippen molar-refractivity contribution in [3.05, 3.63) is 126 Å². The van der Waals surface area contributed by atoms with E-state index in [4.69, 9.17) is 4.74 Å². The highest BCUT2D eigenvalue weighted by Gasteiger charge is 2.66. The summed E-state index contributed by atoms with van der Waals surface area (Å²) in [5.41, 5.74) is 5.09. The summed E-state index contributed by atoms with van der Waals surface area (Å²) in [6.07, 6.45) is 2.04. The third-order valence-corrected chi connectivity index (χ3v) is 7.63. The lowest BCUT2D eigenvalue weighted by Gasteiger charge is -2.40. The van der Waals surface area contributed by atoms with E-state index in [1.807, 2.05) is 85.1 Å². The van der Waals surface area contributed by atoms with Crippen LogP contribution in [-0.4, -0.2) is 11.8 Å². The summed E-state index contributed by atoms with van der Waals surface area (Å²) < 4.78 is 8.09. The first-order chi connectivity index (χ1) is 17.2. The van der Waals surface area contributed by atoms with Crippen LogP contribution in [0.1, 0.15) is 34.3 Å². The number of carbonyl (C=O) groups is 2. The van der Waals surface area contributed by atoms with Crippen LogP contribution in [0.4, 0.5) is 5.69 Å². The fourth-order valence-corrected chi connectivity index (χ4v) is 6.18. The highest BCUT2D eigenvalue weighted by Crippen LogP contribution is 2.55. The molecule has 8 rings (SSSR count). The molecule has 4 aliphatic rings. The molecular weight excluding hydrogens is 436 g/mol. The molecule has 4 atom stereocenters. The van der Waals surface area contributed by atoms with Crippen LogP contribution in [-0.2, 0) is 16.2 Å². The van der Waals surface area contributed by atoms with Crippen LogP contribution in [0.3, 0.4) is 0 Å². The first-order valence-corrected chi connectivity index (χ1v) is 12.0. The summed E-state index contributed by atoms with van der Waals surface area (Å²) >= 11 is 0. The van der Waals surface area contributed by atoms with Gasteiger partial charge in [-0.05, 0) is 35.4 Å². The van der Waals surface area contributed by atoms with Crippen LogP contribution in [0.5, 0.6) is 5.75 Å². The fraction of sp³-hybridized carbons (Fsp3) is 0.167. The molecule has 4 aromatic rings. The summed E-state index contributed by atoms with van der Waals surface area (Å²) in [6.45, 7) is 0.461. The number of nitrogens with zero attached hydrogens (tertiary/aromatic N) is 2. The largest absolute Gasteiger partial charge is 0.489 e. The SMILES string of the molecule is O=C1[C@H]2[C@@H]3c4ccccc4[C@H]([C@H]2C(=O)N1c1ccc(OCc2ccccc2)cc1)[n+]1ccccc13. The normalized spacial score (nSPS) is 23.6. The van der Waals surface area contributed by atoms with Crippen LogP contribution in [0.2, 0.25) is 0 Å². The summed E-state index contributed by atoms with van der Waals surface area (Å²) in [4.78, 5) is 29.0. The molecule has 170 valence electrons. The first-order valence-electron chi connectivity index (χ1n) is 12.0. The lowest BCUT2D eigenvalue weighted by atomic mass is 9.63. The standard InChI is InChI=1S/C30H23N2O3/c33-29-26-25-22-10-4-5-11-23(22)28(31-17-7-6-12-24(25)31)27(26)30(34)32(29)20-13-15-21(16-14-20)35-18-19-8-2-1-3-9-19/h1-17,25-28H,18H2/q+1/t25-,26+,27+,28-/m1/s1. The van der Waals surface area contributed by atoms with Crippen LogP contribution in [0.25, 0.3) is 0 Å². The molecule has 1 aliphatic carbocycles. The van der Waals surface area contributed by atoms with Crippen molar-refractivity contribution in [3.63, 3.8) is 0 Å². The van der Waals surface area contributed by atoms with E-state index in [1.165, 1.54) is 4.90 Å². The van der Waals surface area contributed by atoms with Gasteiger partial charge in [-0.15, -0.1) is 0 Å². The minimum Gasteiger partial charge on any atom is -0.489 e. The summed E-state index contributed by atoms with van der Waals surface area (Å²) in [7, 11) is 0. The third kappa shape index (κ3) is 2.91. The molecule has 5 heteroatoms. The topological polar surface area (TPSA) is 50.5 Å². The number of aromatic nitrogens is 1. The van der Waals surface area contributed by atoms with E-state index in [1.54, 1.807) is 0 Å². The number of ether oxygens (including phenoxy) is 1. The van der Waals surface area contributed by atoms with Gasteiger partial charge in [0, 0.05) is 17.7 Å². The maximum absolute atomic E-state index is 13.8. The van der Waals surface area contributed by atoms with E-state index in [2.05, 4.69) is 22.8 Å². The Kier molecular flexibility index (Phi) is 4.40. The van der Waals surface area contributed by atoms with Gasteiger partial charge >= 0.3 is 0 Å². The van der Waals surface area contributed by atoms with E-state index in [9.17, 15) is 9.59 Å². The molecule has 2 bridgehead atoms. The molecule has 1 fully saturated rings. The molecule has 3 aliphatic heterocycles. The minimum atomic E-state index is -0.406. The molecule has 0 radical (unpaired) electrons. The van der Waals surface area contributed by atoms with E-state index in [0.717, 1.165) is 22.4 Å². The van der Waals surface area contributed by atoms with E-state index in [0.29, 0.717) is 18.0 Å². The zero-order valence-corrected chi connectivity index (χ0v) is 19.0. The zero-order chi connectivity index (χ0) is 23.5. The second-order valence-corrected chi connectivity index (χ2v) is 9.42. The fourth-order valence-electron chi connectivity index (χ4n) is 6.18. The minimum absolute atomic E-state index is 0.113. The van der Waals surface area contributed by atoms with Crippen molar-refractivity contribution in [2.24, 2.45) is 11.8 Å². The van der Waals surface area contributed by atoms with Crippen molar-refractivity contribution in [3.8, 4) is 5.75 Å². The Balaban J connectivity index is 1.22. The monoisotopic (exact) mass is 459 g/mol. The lowest BCUT2D eigenvalue weighted by Crippen LogP contribution is -2.59. The molecule has 0 unspecified atom stereocenters.